The number of nitriles is 2. The number of carbonyl (C=O) groups is 1. The van der Waals surface area contributed by atoms with E-state index in [1.807, 2.05) is 19.9 Å². The van der Waals surface area contributed by atoms with E-state index in [9.17, 15) is 10.1 Å². The molecule has 0 heterocycles. The maximum atomic E-state index is 12.7. The number of hydrogen-bond acceptors (Lipinski definition) is 4. The molecular weight excluding hydrogens is 326 g/mol. The molecule has 2 aromatic carbocycles. The lowest BCUT2D eigenvalue weighted by Gasteiger charge is -2.21. The van der Waals surface area contributed by atoms with Gasteiger partial charge in [0.1, 0.15) is 11.7 Å². The predicted molar refractivity (Wildman–Crippen MR) is 99.6 cm³/mol. The Hall–Kier alpha value is -3.31. The van der Waals surface area contributed by atoms with Crippen LogP contribution in [0.15, 0.2) is 48.5 Å². The molecule has 2 rings (SSSR count). The van der Waals surface area contributed by atoms with E-state index in [0.29, 0.717) is 17.7 Å². The number of amides is 1. The summed E-state index contributed by atoms with van der Waals surface area (Å²) in [7, 11) is 1.66. The lowest BCUT2D eigenvalue weighted by atomic mass is 9.98. The number of ether oxygens (including phenoxy) is 1. The summed E-state index contributed by atoms with van der Waals surface area (Å²) in [5.41, 5.74) is 2.10. The lowest BCUT2D eigenvalue weighted by Crippen LogP contribution is -2.33. The highest BCUT2D eigenvalue weighted by atomic mass is 16.5. The Morgan fingerprint density at radius 1 is 1.08 bits per heavy atom. The summed E-state index contributed by atoms with van der Waals surface area (Å²) in [6, 6.07) is 18.3. The van der Waals surface area contributed by atoms with Crippen LogP contribution in [0.5, 0.6) is 5.75 Å². The van der Waals surface area contributed by atoms with E-state index in [4.69, 9.17) is 10.00 Å². The molecule has 0 N–H and O–H groups in total. The van der Waals surface area contributed by atoms with Crippen LogP contribution in [0.3, 0.4) is 0 Å². The van der Waals surface area contributed by atoms with E-state index >= 15 is 0 Å². The SMILES string of the molecule is CC(C)Oc1ccc(N(C)C(=O)[C@H](C#N)Cc2ccc(C#N)cc2)cc1. The van der Waals surface area contributed by atoms with Gasteiger partial charge in [-0.15, -0.1) is 0 Å². The topological polar surface area (TPSA) is 77.1 Å². The van der Waals surface area contributed by atoms with Gasteiger partial charge in [-0.1, -0.05) is 12.1 Å². The van der Waals surface area contributed by atoms with Crippen LogP contribution in [-0.4, -0.2) is 19.1 Å². The molecule has 0 unspecified atom stereocenters. The predicted octanol–water partition coefficient (Wildman–Crippen LogP) is 3.69. The van der Waals surface area contributed by atoms with Crippen LogP contribution >= 0.6 is 0 Å². The zero-order chi connectivity index (χ0) is 19.1. The third-order valence-corrected chi connectivity index (χ3v) is 3.90. The van der Waals surface area contributed by atoms with Gasteiger partial charge in [0.25, 0.3) is 0 Å². The Morgan fingerprint density at radius 2 is 1.69 bits per heavy atom. The summed E-state index contributed by atoms with van der Waals surface area (Å²) in [6.45, 7) is 3.90. The van der Waals surface area contributed by atoms with Crippen LogP contribution < -0.4 is 9.64 Å². The first-order valence-corrected chi connectivity index (χ1v) is 8.37. The fourth-order valence-corrected chi connectivity index (χ4v) is 2.52. The van der Waals surface area contributed by atoms with Crippen LogP contribution in [0.4, 0.5) is 5.69 Å². The fourth-order valence-electron chi connectivity index (χ4n) is 2.52. The van der Waals surface area contributed by atoms with E-state index in [1.54, 1.807) is 55.6 Å². The molecule has 0 saturated carbocycles. The van der Waals surface area contributed by atoms with E-state index in [0.717, 1.165) is 11.3 Å². The summed E-state index contributed by atoms with van der Waals surface area (Å²) >= 11 is 0. The molecule has 1 amide bonds. The van der Waals surface area contributed by atoms with Crippen molar-refractivity contribution in [3.63, 3.8) is 0 Å². The minimum absolute atomic E-state index is 0.0793. The molecule has 5 nitrogen and oxygen atoms in total. The number of rotatable bonds is 6. The van der Waals surface area contributed by atoms with Gasteiger partial charge in [0.2, 0.25) is 5.91 Å². The minimum Gasteiger partial charge on any atom is -0.491 e. The lowest BCUT2D eigenvalue weighted by molar-refractivity contribution is -0.120. The second kappa shape index (κ2) is 8.69. The van der Waals surface area contributed by atoms with E-state index in [-0.39, 0.29) is 12.0 Å². The molecule has 0 bridgehead atoms. The third kappa shape index (κ3) is 4.84. The number of anilines is 1. The Bertz CT molecular complexity index is 828. The molecule has 132 valence electrons. The first-order valence-electron chi connectivity index (χ1n) is 8.37. The molecule has 2 aromatic rings. The first kappa shape index (κ1) is 19.0. The molecule has 0 spiro atoms. The zero-order valence-corrected chi connectivity index (χ0v) is 15.1. The molecular formula is C21H21N3O2. The average Bonchev–Trinajstić information content (AvgIpc) is 2.65. The van der Waals surface area contributed by atoms with Gasteiger partial charge >= 0.3 is 0 Å². The van der Waals surface area contributed by atoms with Gasteiger partial charge in [-0.25, -0.2) is 0 Å². The quantitative estimate of drug-likeness (QED) is 0.798. The second-order valence-electron chi connectivity index (χ2n) is 6.25. The highest BCUT2D eigenvalue weighted by Crippen LogP contribution is 2.22. The summed E-state index contributed by atoms with van der Waals surface area (Å²) < 4.78 is 5.60. The molecule has 0 aliphatic heterocycles. The highest BCUT2D eigenvalue weighted by Gasteiger charge is 2.23. The van der Waals surface area contributed by atoms with Crippen molar-refractivity contribution in [3.05, 3.63) is 59.7 Å². The molecule has 0 aliphatic carbocycles. The smallest absolute Gasteiger partial charge is 0.244 e. The standard InChI is InChI=1S/C21H21N3O2/c1-15(2)26-20-10-8-19(9-11-20)24(3)21(25)18(14-23)12-16-4-6-17(13-22)7-5-16/h4-11,15,18H,12H2,1-3H3/t18-/m0/s1. The molecule has 0 aromatic heterocycles. The fraction of sp³-hybridized carbons (Fsp3) is 0.286. The van der Waals surface area contributed by atoms with Crippen molar-refractivity contribution in [1.29, 1.82) is 10.5 Å². The Balaban J connectivity index is 2.08. The van der Waals surface area contributed by atoms with Crippen molar-refractivity contribution >= 4 is 11.6 Å². The van der Waals surface area contributed by atoms with Crippen molar-refractivity contribution in [3.8, 4) is 17.9 Å². The Labute approximate surface area is 154 Å². The number of hydrogen-bond donors (Lipinski definition) is 0. The van der Waals surface area contributed by atoms with Crippen LogP contribution in [-0.2, 0) is 11.2 Å². The monoisotopic (exact) mass is 347 g/mol. The summed E-state index contributed by atoms with van der Waals surface area (Å²) in [4.78, 5) is 14.2. The molecule has 5 heteroatoms. The van der Waals surface area contributed by atoms with Crippen molar-refractivity contribution in [2.75, 3.05) is 11.9 Å². The summed E-state index contributed by atoms with van der Waals surface area (Å²) in [6.07, 6.45) is 0.385. The van der Waals surface area contributed by atoms with Crippen molar-refractivity contribution in [1.82, 2.24) is 0 Å². The highest BCUT2D eigenvalue weighted by molar-refractivity contribution is 5.96. The van der Waals surface area contributed by atoms with Gasteiger partial charge in [-0.3, -0.25) is 4.79 Å². The molecule has 0 radical (unpaired) electrons. The normalized spacial score (nSPS) is 11.3. The molecule has 26 heavy (non-hydrogen) atoms. The Kier molecular flexibility index (Phi) is 6.36. The third-order valence-electron chi connectivity index (χ3n) is 3.90. The molecule has 1 atom stereocenters. The van der Waals surface area contributed by atoms with Crippen molar-refractivity contribution in [2.24, 2.45) is 5.92 Å². The number of nitrogens with zero attached hydrogens (tertiary/aromatic N) is 3. The van der Waals surface area contributed by atoms with Gasteiger partial charge in [-0.05, 0) is 62.2 Å². The van der Waals surface area contributed by atoms with Gasteiger partial charge in [-0.2, -0.15) is 10.5 Å². The van der Waals surface area contributed by atoms with Gasteiger partial charge < -0.3 is 9.64 Å². The van der Waals surface area contributed by atoms with Crippen molar-refractivity contribution in [2.45, 2.75) is 26.4 Å². The second-order valence-corrected chi connectivity index (χ2v) is 6.25. The summed E-state index contributed by atoms with van der Waals surface area (Å²) in [5.74, 6) is -0.326. The van der Waals surface area contributed by atoms with E-state index in [2.05, 4.69) is 6.07 Å². The van der Waals surface area contributed by atoms with Crippen molar-refractivity contribution < 1.29 is 9.53 Å². The summed E-state index contributed by atoms with van der Waals surface area (Å²) in [5, 5.41) is 18.3. The van der Waals surface area contributed by atoms with Gasteiger partial charge in [0.15, 0.2) is 0 Å². The molecule has 0 fully saturated rings. The number of benzene rings is 2. The van der Waals surface area contributed by atoms with Crippen LogP contribution in [0, 0.1) is 28.6 Å². The van der Waals surface area contributed by atoms with Crippen LogP contribution in [0.2, 0.25) is 0 Å². The Morgan fingerprint density at radius 3 is 2.19 bits per heavy atom. The minimum atomic E-state index is -0.792. The maximum Gasteiger partial charge on any atom is 0.244 e. The largest absolute Gasteiger partial charge is 0.491 e. The van der Waals surface area contributed by atoms with Gasteiger partial charge in [0.05, 0.1) is 23.8 Å². The van der Waals surface area contributed by atoms with Gasteiger partial charge in [0, 0.05) is 12.7 Å². The maximum absolute atomic E-state index is 12.7. The molecule has 0 saturated heterocycles. The first-order chi connectivity index (χ1) is 12.4. The van der Waals surface area contributed by atoms with Crippen LogP contribution in [0.25, 0.3) is 0 Å². The average molecular weight is 347 g/mol. The number of carbonyl (C=O) groups excluding carboxylic acids is 1. The zero-order valence-electron chi connectivity index (χ0n) is 15.1. The van der Waals surface area contributed by atoms with E-state index in [1.165, 1.54) is 4.90 Å². The van der Waals surface area contributed by atoms with Crippen LogP contribution in [0.1, 0.15) is 25.0 Å². The molecule has 0 aliphatic rings. The van der Waals surface area contributed by atoms with E-state index < -0.39 is 5.92 Å².